The number of anilines is 2. The fourth-order valence-electron chi connectivity index (χ4n) is 7.93. The summed E-state index contributed by atoms with van der Waals surface area (Å²) in [5, 5.41) is 6.41. The number of nitrogens with zero attached hydrogens (tertiary/aromatic N) is 4. The lowest BCUT2D eigenvalue weighted by Crippen LogP contribution is -2.51. The van der Waals surface area contributed by atoms with E-state index < -0.39 is 12.2 Å². The Morgan fingerprint density at radius 1 is 0.655 bits per heavy atom. The van der Waals surface area contributed by atoms with Gasteiger partial charge in [0.2, 0.25) is 5.88 Å². The topological polar surface area (TPSA) is 118 Å². The van der Waals surface area contributed by atoms with E-state index >= 15 is 0 Å². The highest BCUT2D eigenvalue weighted by molar-refractivity contribution is 5.84. The summed E-state index contributed by atoms with van der Waals surface area (Å²) in [7, 11) is 1.61. The predicted octanol–water partition coefficient (Wildman–Crippen LogP) is 6.91. The number of benzene rings is 2. The molecule has 2 fully saturated rings. The first-order chi connectivity index (χ1) is 26.9. The van der Waals surface area contributed by atoms with Crippen molar-refractivity contribution in [2.45, 2.75) is 109 Å². The third-order valence-electron chi connectivity index (χ3n) is 10.9. The third kappa shape index (κ3) is 10.1. The number of aromatic nitrogens is 2. The molecule has 2 saturated carbocycles. The van der Waals surface area contributed by atoms with Crippen molar-refractivity contribution < 1.29 is 23.8 Å². The van der Waals surface area contributed by atoms with Crippen molar-refractivity contribution >= 4 is 23.2 Å². The number of para-hydroxylation sites is 4. The van der Waals surface area contributed by atoms with Gasteiger partial charge in [0.1, 0.15) is 11.5 Å². The van der Waals surface area contributed by atoms with Gasteiger partial charge in [-0.3, -0.25) is 14.6 Å². The van der Waals surface area contributed by atoms with Gasteiger partial charge in [0.05, 0.1) is 31.6 Å². The molecule has 4 aliphatic rings. The van der Waals surface area contributed by atoms with E-state index in [2.05, 4.69) is 36.5 Å². The van der Waals surface area contributed by atoms with E-state index in [0.29, 0.717) is 38.1 Å². The molecule has 290 valence electrons. The normalized spacial score (nSPS) is 19.7. The molecule has 2 N–H and O–H groups in total. The number of pyridine rings is 2. The molecule has 0 bridgehead atoms. The summed E-state index contributed by atoms with van der Waals surface area (Å²) in [6, 6.07) is 24.4. The monoisotopic (exact) mass is 746 g/mol. The minimum absolute atomic E-state index is 0.00318. The Labute approximate surface area is 324 Å². The number of rotatable bonds is 9. The van der Waals surface area contributed by atoms with Crippen LogP contribution in [0.5, 0.6) is 17.4 Å². The number of nitrogens with one attached hydrogen (secondary N) is 2. The molecule has 2 amide bonds. The molecule has 2 aliphatic heterocycles. The first-order valence-corrected chi connectivity index (χ1v) is 19.9. The fourth-order valence-corrected chi connectivity index (χ4v) is 7.93. The van der Waals surface area contributed by atoms with E-state index in [1.165, 1.54) is 38.5 Å². The maximum atomic E-state index is 12.9. The zero-order valence-electron chi connectivity index (χ0n) is 32.1. The zero-order valence-corrected chi connectivity index (χ0v) is 32.1. The largest absolute Gasteiger partial charge is 0.481 e. The van der Waals surface area contributed by atoms with Crippen LogP contribution in [0.3, 0.4) is 0 Å². The second-order valence-corrected chi connectivity index (χ2v) is 15.1. The van der Waals surface area contributed by atoms with Crippen LogP contribution in [0.4, 0.5) is 11.4 Å². The van der Waals surface area contributed by atoms with E-state index in [1.807, 2.05) is 86.0 Å². The highest BCUT2D eigenvalue weighted by Crippen LogP contribution is 2.36. The van der Waals surface area contributed by atoms with Crippen LogP contribution in [0.2, 0.25) is 0 Å². The first kappa shape index (κ1) is 38.0. The van der Waals surface area contributed by atoms with Crippen molar-refractivity contribution in [1.29, 1.82) is 0 Å². The Morgan fingerprint density at radius 3 is 1.56 bits per heavy atom. The predicted molar refractivity (Wildman–Crippen MR) is 214 cm³/mol. The highest BCUT2D eigenvalue weighted by atomic mass is 16.5. The molecule has 8 rings (SSSR count). The van der Waals surface area contributed by atoms with Crippen LogP contribution in [0.15, 0.2) is 85.2 Å². The average Bonchev–Trinajstić information content (AvgIpc) is 3.23. The van der Waals surface area contributed by atoms with E-state index in [0.717, 1.165) is 65.4 Å². The summed E-state index contributed by atoms with van der Waals surface area (Å²) >= 11 is 0. The molecular weight excluding hydrogens is 693 g/mol. The maximum Gasteiger partial charge on any atom is 0.263 e. The Balaban J connectivity index is 0.000000169. The van der Waals surface area contributed by atoms with Crippen LogP contribution in [0.1, 0.15) is 81.0 Å². The number of carbonyl (C=O) groups excluding carboxylic acids is 2. The maximum absolute atomic E-state index is 12.9. The molecule has 2 unspecified atom stereocenters. The molecule has 2 aromatic carbocycles. The number of aryl methyl sites for hydroxylation is 1. The van der Waals surface area contributed by atoms with Crippen LogP contribution in [0, 0.1) is 6.92 Å². The van der Waals surface area contributed by atoms with Crippen molar-refractivity contribution in [2.24, 2.45) is 0 Å². The van der Waals surface area contributed by atoms with Gasteiger partial charge in [0, 0.05) is 49.3 Å². The summed E-state index contributed by atoms with van der Waals surface area (Å²) in [5.41, 5.74) is 5.22. The molecule has 11 heteroatoms. The van der Waals surface area contributed by atoms with Gasteiger partial charge < -0.3 is 34.6 Å². The van der Waals surface area contributed by atoms with Crippen LogP contribution in [-0.4, -0.2) is 66.3 Å². The SMILES string of the molecule is COc1ccc(CN2CC(C(=O)NC3CCCCC3)Oc3ccccc32)cn1.Cc1ccc(CN2CC(C(=O)NC3CCCCC3)Oc3ccccc32)cn1. The Morgan fingerprint density at radius 2 is 1.13 bits per heavy atom. The van der Waals surface area contributed by atoms with Crippen molar-refractivity contribution in [2.75, 3.05) is 30.0 Å². The summed E-state index contributed by atoms with van der Waals surface area (Å²) < 4.78 is 17.2. The third-order valence-corrected chi connectivity index (χ3v) is 10.9. The first-order valence-electron chi connectivity index (χ1n) is 19.9. The molecule has 2 aromatic heterocycles. The molecule has 2 atom stereocenters. The molecule has 11 nitrogen and oxygen atoms in total. The second-order valence-electron chi connectivity index (χ2n) is 15.1. The van der Waals surface area contributed by atoms with Gasteiger partial charge in [-0.05, 0) is 74.1 Å². The van der Waals surface area contributed by atoms with Gasteiger partial charge in [-0.25, -0.2) is 4.98 Å². The molecular formula is C44H54N6O5. The van der Waals surface area contributed by atoms with E-state index in [-0.39, 0.29) is 17.9 Å². The average molecular weight is 747 g/mol. The molecule has 4 heterocycles. The lowest BCUT2D eigenvalue weighted by molar-refractivity contribution is -0.129. The smallest absolute Gasteiger partial charge is 0.263 e. The number of hydrogen-bond acceptors (Lipinski definition) is 9. The molecule has 0 radical (unpaired) electrons. The number of amides is 2. The Kier molecular flexibility index (Phi) is 12.7. The van der Waals surface area contributed by atoms with Crippen molar-refractivity contribution in [3.8, 4) is 17.4 Å². The zero-order chi connectivity index (χ0) is 38.0. The quantitative estimate of drug-likeness (QED) is 0.188. The summed E-state index contributed by atoms with van der Waals surface area (Å²) in [6.45, 7) is 4.41. The number of ether oxygens (including phenoxy) is 3. The standard InChI is InChI=1S/C22H27N3O3.C22H27N3O2/c1-27-21-12-11-16(13-23-21)14-25-15-20(28-19-10-6-5-9-18(19)25)22(26)24-17-7-3-2-4-8-17;1-16-11-12-17(13-23-16)14-25-15-21(27-20-10-6-5-9-19(20)25)22(26)24-18-7-3-2-4-8-18/h5-6,9-13,17,20H,2-4,7-8,14-15H2,1H3,(H,24,26);5-6,9-13,18,21H,2-4,7-8,14-15H2,1H3,(H,24,26). The number of methoxy groups -OCH3 is 1. The van der Waals surface area contributed by atoms with Crippen molar-refractivity contribution in [3.05, 3.63) is 102 Å². The Hall–Kier alpha value is -5.32. The Bertz CT molecular complexity index is 1860. The van der Waals surface area contributed by atoms with Crippen molar-refractivity contribution in [3.63, 3.8) is 0 Å². The van der Waals surface area contributed by atoms with Crippen molar-refractivity contribution in [1.82, 2.24) is 20.6 Å². The number of carbonyl (C=O) groups is 2. The van der Waals surface area contributed by atoms with Crippen LogP contribution in [0.25, 0.3) is 0 Å². The van der Waals surface area contributed by atoms with Crippen LogP contribution < -0.4 is 34.6 Å². The fraction of sp³-hybridized carbons (Fsp3) is 0.455. The number of fused-ring (bicyclic) bond motifs is 2. The van der Waals surface area contributed by atoms with Crippen LogP contribution in [-0.2, 0) is 22.7 Å². The van der Waals surface area contributed by atoms with Gasteiger partial charge in [0.25, 0.3) is 11.8 Å². The van der Waals surface area contributed by atoms with E-state index in [9.17, 15) is 9.59 Å². The van der Waals surface area contributed by atoms with Gasteiger partial charge >= 0.3 is 0 Å². The van der Waals surface area contributed by atoms with Crippen LogP contribution >= 0.6 is 0 Å². The highest BCUT2D eigenvalue weighted by Gasteiger charge is 2.33. The molecule has 2 aliphatic carbocycles. The minimum atomic E-state index is -0.511. The van der Waals surface area contributed by atoms with E-state index in [4.69, 9.17) is 14.2 Å². The van der Waals surface area contributed by atoms with Gasteiger partial charge in [-0.1, -0.05) is 74.9 Å². The van der Waals surface area contributed by atoms with Gasteiger partial charge in [-0.15, -0.1) is 0 Å². The second kappa shape index (κ2) is 18.3. The molecule has 4 aromatic rings. The minimum Gasteiger partial charge on any atom is -0.481 e. The summed E-state index contributed by atoms with van der Waals surface area (Å²) in [4.78, 5) is 38.8. The summed E-state index contributed by atoms with van der Waals surface area (Å²) in [6.07, 6.45) is 14.3. The molecule has 0 saturated heterocycles. The van der Waals surface area contributed by atoms with Gasteiger partial charge in [-0.2, -0.15) is 0 Å². The lowest BCUT2D eigenvalue weighted by atomic mass is 9.95. The molecule has 55 heavy (non-hydrogen) atoms. The van der Waals surface area contributed by atoms with E-state index in [1.54, 1.807) is 7.11 Å². The molecule has 0 spiro atoms. The lowest BCUT2D eigenvalue weighted by Gasteiger charge is -2.36. The summed E-state index contributed by atoms with van der Waals surface area (Å²) in [5.74, 6) is 2.10. The van der Waals surface area contributed by atoms with Gasteiger partial charge in [0.15, 0.2) is 12.2 Å². The number of hydrogen-bond donors (Lipinski definition) is 2.